The fraction of sp³-hybridized carbons (Fsp3) is 0.828. The van der Waals surface area contributed by atoms with E-state index in [2.05, 4.69) is 18.7 Å². The smallest absolute Gasteiger partial charge is 0.335 e. The van der Waals surface area contributed by atoms with Crippen molar-refractivity contribution in [3.05, 3.63) is 34.4 Å². The first kappa shape index (κ1) is 24.1. The lowest BCUT2D eigenvalue weighted by atomic mass is 9.41. The zero-order chi connectivity index (χ0) is 24.6. The highest BCUT2D eigenvalue weighted by molar-refractivity contribution is 5.28. The van der Waals surface area contributed by atoms with Crippen LogP contribution in [0.25, 0.3) is 0 Å². The lowest BCUT2D eigenvalue weighted by molar-refractivity contribution is -0.250. The molecule has 0 radical (unpaired) electrons. The first-order valence-electron chi connectivity index (χ1n) is 14.1. The number of likely N-dealkylation sites (tertiary alicyclic amines) is 1. The van der Waals surface area contributed by atoms with E-state index in [-0.39, 0.29) is 28.3 Å². The molecule has 1 aliphatic heterocycles. The molecule has 9 atom stereocenters. The van der Waals surface area contributed by atoms with Crippen molar-refractivity contribution in [3.63, 3.8) is 0 Å². The number of hydrogen-bond acceptors (Lipinski definition) is 6. The first-order valence-corrected chi connectivity index (χ1v) is 14.1. The van der Waals surface area contributed by atoms with Crippen LogP contribution in [-0.4, -0.2) is 51.5 Å². The Morgan fingerprint density at radius 1 is 1.00 bits per heavy atom. The molecule has 4 aliphatic carbocycles. The van der Waals surface area contributed by atoms with Crippen molar-refractivity contribution in [2.45, 2.75) is 114 Å². The number of fused-ring (bicyclic) bond motifs is 5. The van der Waals surface area contributed by atoms with Crippen LogP contribution in [0.15, 0.2) is 27.6 Å². The highest BCUT2D eigenvalue weighted by atomic mass is 16.4. The molecule has 0 amide bonds. The standard InChI is InChI=1S/C29H44N2O4/c1-26-11-7-20(31-15-3-4-21(31)17-30)16-28(26,33)13-9-24-23(26)8-12-27(2)22(10-14-29(24,27)34)19-5-6-25(32)35-18-19/h5-6,18,20-24,33-34H,3-4,7-17,30H2,1-2H3/t20-,21+,22+,23-,24+,26+,27+,28-,29-/m0/s1. The summed E-state index contributed by atoms with van der Waals surface area (Å²) in [7, 11) is 0. The van der Waals surface area contributed by atoms with Crippen molar-refractivity contribution >= 4 is 0 Å². The normalized spacial score (nSPS) is 49.9. The maximum absolute atomic E-state index is 12.4. The number of rotatable bonds is 3. The minimum Gasteiger partial charge on any atom is -0.431 e. The molecule has 5 fully saturated rings. The van der Waals surface area contributed by atoms with Crippen LogP contribution in [0.4, 0.5) is 0 Å². The average molecular weight is 485 g/mol. The molecule has 2 heterocycles. The van der Waals surface area contributed by atoms with Gasteiger partial charge in [0.2, 0.25) is 0 Å². The zero-order valence-corrected chi connectivity index (χ0v) is 21.5. The van der Waals surface area contributed by atoms with Gasteiger partial charge in [0.15, 0.2) is 0 Å². The van der Waals surface area contributed by atoms with Crippen molar-refractivity contribution in [3.8, 4) is 0 Å². The van der Waals surface area contributed by atoms with E-state index in [4.69, 9.17) is 10.2 Å². The summed E-state index contributed by atoms with van der Waals surface area (Å²) < 4.78 is 5.22. The van der Waals surface area contributed by atoms with E-state index in [0.717, 1.165) is 69.9 Å². The van der Waals surface area contributed by atoms with Gasteiger partial charge in [-0.15, -0.1) is 0 Å². The summed E-state index contributed by atoms with van der Waals surface area (Å²) in [6, 6.07) is 4.31. The van der Waals surface area contributed by atoms with Gasteiger partial charge in [-0.1, -0.05) is 13.8 Å². The number of aliphatic hydroxyl groups is 2. The molecule has 0 aromatic carbocycles. The second kappa shape index (κ2) is 8.14. The minimum absolute atomic E-state index is 0.154. The van der Waals surface area contributed by atoms with Crippen LogP contribution in [0, 0.1) is 22.7 Å². The summed E-state index contributed by atoms with van der Waals surface area (Å²) in [5.41, 5.74) is 5.02. The third-order valence-electron chi connectivity index (χ3n) is 12.3. The lowest BCUT2D eigenvalue weighted by Crippen LogP contribution is -2.68. The van der Waals surface area contributed by atoms with Crippen molar-refractivity contribution in [1.82, 2.24) is 4.90 Å². The molecule has 5 aliphatic rings. The summed E-state index contributed by atoms with van der Waals surface area (Å²) >= 11 is 0. The Morgan fingerprint density at radius 3 is 2.51 bits per heavy atom. The van der Waals surface area contributed by atoms with Gasteiger partial charge in [0.1, 0.15) is 0 Å². The average Bonchev–Trinajstić information content (AvgIpc) is 3.42. The molecule has 35 heavy (non-hydrogen) atoms. The predicted molar refractivity (Wildman–Crippen MR) is 135 cm³/mol. The molecule has 1 aromatic heterocycles. The number of nitrogens with two attached hydrogens (primary N) is 1. The molecule has 194 valence electrons. The minimum atomic E-state index is -0.739. The van der Waals surface area contributed by atoms with Crippen molar-refractivity contribution < 1.29 is 14.6 Å². The van der Waals surface area contributed by atoms with Gasteiger partial charge in [-0.05, 0) is 112 Å². The van der Waals surface area contributed by atoms with Gasteiger partial charge in [-0.25, -0.2) is 4.79 Å². The van der Waals surface area contributed by atoms with E-state index in [0.29, 0.717) is 24.5 Å². The van der Waals surface area contributed by atoms with Gasteiger partial charge < -0.3 is 20.4 Å². The van der Waals surface area contributed by atoms with E-state index >= 15 is 0 Å². The van der Waals surface area contributed by atoms with Gasteiger partial charge in [0.25, 0.3) is 0 Å². The molecule has 1 saturated heterocycles. The van der Waals surface area contributed by atoms with Crippen LogP contribution < -0.4 is 11.4 Å². The van der Waals surface area contributed by atoms with E-state index in [1.54, 1.807) is 6.26 Å². The molecule has 4 saturated carbocycles. The highest BCUT2D eigenvalue weighted by Gasteiger charge is 2.70. The van der Waals surface area contributed by atoms with Crippen LogP contribution in [0.1, 0.15) is 96.0 Å². The van der Waals surface area contributed by atoms with Gasteiger partial charge in [-0.3, -0.25) is 4.90 Å². The van der Waals surface area contributed by atoms with Crippen LogP contribution in [-0.2, 0) is 0 Å². The third-order valence-corrected chi connectivity index (χ3v) is 12.3. The molecule has 6 heteroatoms. The molecule has 1 aromatic rings. The van der Waals surface area contributed by atoms with Crippen molar-refractivity contribution in [2.75, 3.05) is 13.1 Å². The fourth-order valence-corrected chi connectivity index (χ4v) is 10.2. The number of nitrogens with zero attached hydrogens (tertiary/aromatic N) is 1. The highest BCUT2D eigenvalue weighted by Crippen LogP contribution is 2.71. The largest absolute Gasteiger partial charge is 0.431 e. The third kappa shape index (κ3) is 3.25. The Kier molecular flexibility index (Phi) is 5.62. The Labute approximate surface area is 209 Å². The summed E-state index contributed by atoms with van der Waals surface area (Å²) in [5, 5.41) is 24.7. The number of hydrogen-bond donors (Lipinski definition) is 3. The lowest BCUT2D eigenvalue weighted by Gasteiger charge is -2.66. The Bertz CT molecular complexity index is 1010. The van der Waals surface area contributed by atoms with E-state index in [9.17, 15) is 15.0 Å². The van der Waals surface area contributed by atoms with Gasteiger partial charge in [0, 0.05) is 30.1 Å². The quantitative estimate of drug-likeness (QED) is 0.604. The molecule has 0 bridgehead atoms. The molecule has 0 spiro atoms. The van der Waals surface area contributed by atoms with E-state index in [1.807, 2.05) is 6.07 Å². The van der Waals surface area contributed by atoms with Crippen LogP contribution in [0.3, 0.4) is 0 Å². The summed E-state index contributed by atoms with van der Waals surface area (Å²) in [4.78, 5) is 14.1. The molecule has 6 nitrogen and oxygen atoms in total. The second-order valence-corrected chi connectivity index (χ2v) is 13.2. The topological polar surface area (TPSA) is 99.9 Å². The van der Waals surface area contributed by atoms with Crippen LogP contribution in [0.5, 0.6) is 0 Å². The van der Waals surface area contributed by atoms with Crippen LogP contribution >= 0.6 is 0 Å². The van der Waals surface area contributed by atoms with Crippen molar-refractivity contribution in [2.24, 2.45) is 28.4 Å². The Hall–Kier alpha value is -1.21. The Balaban J connectivity index is 1.27. The summed E-state index contributed by atoms with van der Waals surface area (Å²) in [5.74, 6) is 0.759. The summed E-state index contributed by atoms with van der Waals surface area (Å²) in [6.45, 7) is 6.44. The molecule has 0 unspecified atom stereocenters. The first-order chi connectivity index (χ1) is 16.7. The predicted octanol–water partition coefficient (Wildman–Crippen LogP) is 3.79. The van der Waals surface area contributed by atoms with Gasteiger partial charge >= 0.3 is 5.63 Å². The van der Waals surface area contributed by atoms with E-state index < -0.39 is 11.2 Å². The fourth-order valence-electron chi connectivity index (χ4n) is 10.2. The zero-order valence-electron chi connectivity index (χ0n) is 21.5. The molecular weight excluding hydrogens is 440 g/mol. The monoisotopic (exact) mass is 484 g/mol. The molecular formula is C29H44N2O4. The molecule has 6 rings (SSSR count). The molecule has 4 N–H and O–H groups in total. The second-order valence-electron chi connectivity index (χ2n) is 13.2. The van der Waals surface area contributed by atoms with Gasteiger partial charge in [-0.2, -0.15) is 0 Å². The SMILES string of the molecule is C[C@]12CC[C@H](N3CCC[C@@H]3CN)C[C@@]1(O)CC[C@@H]1[C@@H]2CC[C@]2(C)[C@@H](c3ccc(=O)oc3)CC[C@]12O. The Morgan fingerprint density at radius 2 is 1.77 bits per heavy atom. The maximum atomic E-state index is 12.4. The van der Waals surface area contributed by atoms with Crippen molar-refractivity contribution in [1.29, 1.82) is 0 Å². The summed E-state index contributed by atoms with van der Waals surface area (Å²) in [6.07, 6.45) is 12.4. The van der Waals surface area contributed by atoms with E-state index in [1.165, 1.54) is 18.9 Å². The van der Waals surface area contributed by atoms with Crippen LogP contribution in [0.2, 0.25) is 0 Å². The maximum Gasteiger partial charge on any atom is 0.335 e. The van der Waals surface area contributed by atoms with Gasteiger partial charge in [0.05, 0.1) is 17.5 Å².